The van der Waals surface area contributed by atoms with Gasteiger partial charge in [0.2, 0.25) is 0 Å². The fourth-order valence-corrected chi connectivity index (χ4v) is 3.89. The van der Waals surface area contributed by atoms with Gasteiger partial charge in [0.05, 0.1) is 31.6 Å². The summed E-state index contributed by atoms with van der Waals surface area (Å²) in [6.45, 7) is 10.3. The van der Waals surface area contributed by atoms with Crippen LogP contribution in [0.3, 0.4) is 0 Å². The summed E-state index contributed by atoms with van der Waals surface area (Å²) in [7, 11) is 2.15. The van der Waals surface area contributed by atoms with E-state index in [-0.39, 0.29) is 0 Å². The molecule has 2 aliphatic rings. The summed E-state index contributed by atoms with van der Waals surface area (Å²) in [4.78, 5) is 10.7. The molecule has 2 saturated heterocycles. The lowest BCUT2D eigenvalue weighted by atomic mass is 10.3. The van der Waals surface area contributed by atoms with Crippen LogP contribution in [0.25, 0.3) is 0 Å². The van der Waals surface area contributed by atoms with Crippen LogP contribution in [0.1, 0.15) is 10.6 Å². The fourth-order valence-electron chi connectivity index (χ4n) is 2.80. The van der Waals surface area contributed by atoms with Crippen molar-refractivity contribution in [2.75, 3.05) is 64.5 Å². The maximum atomic E-state index is 5.78. The second-order valence-electron chi connectivity index (χ2n) is 5.99. The predicted octanol–water partition coefficient (Wildman–Crippen LogP) is 0.708. The molecular weight excluding hydrogens is 300 g/mol. The Morgan fingerprint density at radius 2 is 2.09 bits per heavy atom. The van der Waals surface area contributed by atoms with Crippen molar-refractivity contribution in [1.82, 2.24) is 15.2 Å². The van der Waals surface area contributed by atoms with Crippen LogP contribution in [-0.4, -0.2) is 75.6 Å². The van der Waals surface area contributed by atoms with Crippen LogP contribution in [-0.2, 0) is 16.0 Å². The second-order valence-corrected chi connectivity index (χ2v) is 7.05. The summed E-state index contributed by atoms with van der Waals surface area (Å²) < 4.78 is 11.2. The van der Waals surface area contributed by atoms with Crippen LogP contribution < -0.4 is 10.2 Å². The van der Waals surface area contributed by atoms with E-state index in [4.69, 9.17) is 14.5 Å². The highest BCUT2D eigenvalue weighted by Gasteiger charge is 2.19. The highest BCUT2D eigenvalue weighted by atomic mass is 32.1. The number of likely N-dealkylation sites (N-methyl/N-ethyl adjacent to an activating group) is 1. The summed E-state index contributed by atoms with van der Waals surface area (Å²) in [6, 6.07) is 0. The molecule has 1 atom stereocenters. The molecule has 2 aliphatic heterocycles. The molecule has 1 aromatic heterocycles. The van der Waals surface area contributed by atoms with Gasteiger partial charge < -0.3 is 24.6 Å². The van der Waals surface area contributed by atoms with Gasteiger partial charge in [-0.2, -0.15) is 0 Å². The largest absolute Gasteiger partial charge is 0.378 e. The Bertz CT molecular complexity index is 476. The molecule has 0 spiro atoms. The van der Waals surface area contributed by atoms with Gasteiger partial charge in [-0.3, -0.25) is 0 Å². The third-order valence-electron chi connectivity index (χ3n) is 4.16. The van der Waals surface area contributed by atoms with Gasteiger partial charge in [0.1, 0.15) is 0 Å². The molecule has 0 amide bonds. The Morgan fingerprint density at radius 3 is 2.86 bits per heavy atom. The maximum absolute atomic E-state index is 5.78. The molecule has 0 saturated carbocycles. The summed E-state index contributed by atoms with van der Waals surface area (Å²) in [6.07, 6.45) is 0.297. The Labute approximate surface area is 136 Å². The van der Waals surface area contributed by atoms with Crippen molar-refractivity contribution in [3.8, 4) is 0 Å². The summed E-state index contributed by atoms with van der Waals surface area (Å²) in [5.74, 6) is 0. The Morgan fingerprint density at radius 1 is 1.27 bits per heavy atom. The van der Waals surface area contributed by atoms with E-state index in [2.05, 4.69) is 29.1 Å². The van der Waals surface area contributed by atoms with E-state index >= 15 is 0 Å². The van der Waals surface area contributed by atoms with Crippen molar-refractivity contribution >= 4 is 16.5 Å². The van der Waals surface area contributed by atoms with E-state index < -0.39 is 0 Å². The Hall–Kier alpha value is -0.730. The third-order valence-corrected chi connectivity index (χ3v) is 5.38. The predicted molar refractivity (Wildman–Crippen MR) is 88.8 cm³/mol. The first-order valence-electron chi connectivity index (χ1n) is 8.02. The third kappa shape index (κ3) is 4.17. The lowest BCUT2D eigenvalue weighted by Gasteiger charge is -2.30. The fraction of sp³-hybridized carbons (Fsp3) is 0.800. The number of morpholine rings is 2. The number of anilines is 1. The summed E-state index contributed by atoms with van der Waals surface area (Å²) in [5.41, 5.74) is 1.14. The van der Waals surface area contributed by atoms with Crippen molar-refractivity contribution in [3.05, 3.63) is 10.6 Å². The first-order chi connectivity index (χ1) is 10.7. The van der Waals surface area contributed by atoms with E-state index in [1.54, 1.807) is 11.3 Å². The first kappa shape index (κ1) is 16.1. The van der Waals surface area contributed by atoms with Gasteiger partial charge in [-0.15, -0.1) is 11.3 Å². The number of aryl methyl sites for hydroxylation is 1. The zero-order chi connectivity index (χ0) is 15.4. The SMILES string of the molecule is Cc1nc(N2CCOCC2)sc1CNC[C@H]1CN(C)CCO1. The number of hydrogen-bond donors (Lipinski definition) is 1. The minimum atomic E-state index is 0.297. The van der Waals surface area contributed by atoms with Crippen LogP contribution >= 0.6 is 11.3 Å². The molecule has 3 heterocycles. The van der Waals surface area contributed by atoms with Gasteiger partial charge in [0.25, 0.3) is 0 Å². The maximum Gasteiger partial charge on any atom is 0.185 e. The molecule has 7 heteroatoms. The van der Waals surface area contributed by atoms with Gasteiger partial charge >= 0.3 is 0 Å². The number of nitrogens with one attached hydrogen (secondary N) is 1. The summed E-state index contributed by atoms with van der Waals surface area (Å²) in [5, 5.41) is 4.66. The van der Waals surface area contributed by atoms with Crippen LogP contribution in [0.4, 0.5) is 5.13 Å². The zero-order valence-corrected chi connectivity index (χ0v) is 14.3. The lowest BCUT2D eigenvalue weighted by Crippen LogP contribution is -2.44. The van der Waals surface area contributed by atoms with E-state index in [0.717, 1.165) is 69.9 Å². The van der Waals surface area contributed by atoms with Crippen LogP contribution in [0.15, 0.2) is 0 Å². The van der Waals surface area contributed by atoms with Gasteiger partial charge in [-0.05, 0) is 14.0 Å². The smallest absolute Gasteiger partial charge is 0.185 e. The average Bonchev–Trinajstić information content (AvgIpc) is 2.90. The molecule has 0 aromatic carbocycles. The molecule has 1 N–H and O–H groups in total. The van der Waals surface area contributed by atoms with Gasteiger partial charge in [-0.1, -0.05) is 0 Å². The number of ether oxygens (including phenoxy) is 2. The van der Waals surface area contributed by atoms with Crippen molar-refractivity contribution in [2.24, 2.45) is 0 Å². The number of nitrogens with zero attached hydrogens (tertiary/aromatic N) is 3. The topological polar surface area (TPSA) is 49.9 Å². The molecule has 0 radical (unpaired) electrons. The molecule has 6 nitrogen and oxygen atoms in total. The second kappa shape index (κ2) is 7.70. The van der Waals surface area contributed by atoms with E-state index in [1.165, 1.54) is 4.88 Å². The standard InChI is InChI=1S/C15H26N4O2S/c1-12-14(10-16-9-13-11-18(2)3-8-21-13)22-15(17-12)19-4-6-20-7-5-19/h13,16H,3-11H2,1-2H3/t13-/m0/s1. The molecule has 124 valence electrons. The quantitative estimate of drug-likeness (QED) is 0.860. The lowest BCUT2D eigenvalue weighted by molar-refractivity contribution is -0.0182. The number of thiazole rings is 1. The molecule has 1 aromatic rings. The van der Waals surface area contributed by atoms with E-state index in [9.17, 15) is 0 Å². The van der Waals surface area contributed by atoms with Crippen molar-refractivity contribution in [1.29, 1.82) is 0 Å². The zero-order valence-electron chi connectivity index (χ0n) is 13.5. The first-order valence-corrected chi connectivity index (χ1v) is 8.84. The van der Waals surface area contributed by atoms with Crippen LogP contribution in [0, 0.1) is 6.92 Å². The Kier molecular flexibility index (Phi) is 5.65. The van der Waals surface area contributed by atoms with Crippen molar-refractivity contribution in [3.63, 3.8) is 0 Å². The van der Waals surface area contributed by atoms with Crippen molar-refractivity contribution < 1.29 is 9.47 Å². The van der Waals surface area contributed by atoms with Crippen LogP contribution in [0.5, 0.6) is 0 Å². The molecule has 0 unspecified atom stereocenters. The molecule has 0 aliphatic carbocycles. The summed E-state index contributed by atoms with van der Waals surface area (Å²) >= 11 is 1.80. The molecule has 0 bridgehead atoms. The highest BCUT2D eigenvalue weighted by molar-refractivity contribution is 7.15. The van der Waals surface area contributed by atoms with Gasteiger partial charge in [0.15, 0.2) is 5.13 Å². The van der Waals surface area contributed by atoms with Crippen LogP contribution in [0.2, 0.25) is 0 Å². The Balaban J connectivity index is 1.48. The molecule has 22 heavy (non-hydrogen) atoms. The van der Waals surface area contributed by atoms with Gasteiger partial charge in [0, 0.05) is 44.1 Å². The number of aromatic nitrogens is 1. The highest BCUT2D eigenvalue weighted by Crippen LogP contribution is 2.26. The minimum absolute atomic E-state index is 0.297. The number of hydrogen-bond acceptors (Lipinski definition) is 7. The average molecular weight is 326 g/mol. The normalized spacial score (nSPS) is 23.9. The monoisotopic (exact) mass is 326 g/mol. The van der Waals surface area contributed by atoms with E-state index in [1.807, 2.05) is 0 Å². The number of rotatable bonds is 5. The van der Waals surface area contributed by atoms with Crippen molar-refractivity contribution in [2.45, 2.75) is 19.6 Å². The molecule has 2 fully saturated rings. The molecular formula is C15H26N4O2S. The minimum Gasteiger partial charge on any atom is -0.378 e. The van der Waals surface area contributed by atoms with E-state index in [0.29, 0.717) is 6.10 Å². The molecule has 3 rings (SSSR count). The van der Waals surface area contributed by atoms with Gasteiger partial charge in [-0.25, -0.2) is 4.98 Å².